The number of rotatable bonds is 8. The molecular weight excluding hydrogens is 334 g/mol. The first kappa shape index (κ1) is 19.9. The monoisotopic (exact) mass is 368 g/mol. The van der Waals surface area contributed by atoms with Crippen LogP contribution in [0.4, 0.5) is 0 Å². The third-order valence-corrected chi connectivity index (χ3v) is 5.48. The van der Waals surface area contributed by atoms with Crippen molar-refractivity contribution >= 4 is 0 Å². The first-order valence-electron chi connectivity index (χ1n) is 10.4. The SMILES string of the molecule is CC(C)COc1ccc([C@@H](O)[C@H](C[NH+]2CCCCC2)c2ccccc2)cc1. The lowest BCUT2D eigenvalue weighted by Gasteiger charge is -2.30. The van der Waals surface area contributed by atoms with E-state index in [0.29, 0.717) is 12.5 Å². The maximum atomic E-state index is 11.2. The Bertz CT molecular complexity index is 663. The first-order chi connectivity index (χ1) is 13.1. The van der Waals surface area contributed by atoms with E-state index in [9.17, 15) is 5.11 Å². The summed E-state index contributed by atoms with van der Waals surface area (Å²) in [5.41, 5.74) is 2.19. The summed E-state index contributed by atoms with van der Waals surface area (Å²) in [6, 6.07) is 18.5. The van der Waals surface area contributed by atoms with Crippen molar-refractivity contribution in [2.75, 3.05) is 26.2 Å². The van der Waals surface area contributed by atoms with Crippen molar-refractivity contribution in [3.05, 3.63) is 65.7 Å². The standard InChI is InChI=1S/C24H33NO2/c1-19(2)18-27-22-13-11-21(12-14-22)24(26)23(20-9-5-3-6-10-20)17-25-15-7-4-8-16-25/h3,5-6,9-14,19,23-24,26H,4,7-8,15-18H2,1-2H3/p+1/t23-,24-/m1/s1. The van der Waals surface area contributed by atoms with Crippen molar-refractivity contribution in [1.82, 2.24) is 0 Å². The number of aliphatic hydroxyl groups excluding tert-OH is 1. The lowest BCUT2D eigenvalue weighted by Crippen LogP contribution is -3.13. The molecule has 0 radical (unpaired) electrons. The van der Waals surface area contributed by atoms with Gasteiger partial charge in [-0.05, 0) is 48.4 Å². The highest BCUT2D eigenvalue weighted by atomic mass is 16.5. The number of quaternary nitrogens is 1. The molecule has 0 aliphatic carbocycles. The minimum atomic E-state index is -0.499. The maximum absolute atomic E-state index is 11.2. The quantitative estimate of drug-likeness (QED) is 0.746. The number of piperidine rings is 1. The summed E-state index contributed by atoms with van der Waals surface area (Å²) in [5.74, 6) is 1.49. The molecule has 2 aromatic rings. The Morgan fingerprint density at radius 1 is 0.889 bits per heavy atom. The van der Waals surface area contributed by atoms with Crippen LogP contribution in [0.15, 0.2) is 54.6 Å². The number of nitrogens with one attached hydrogen (secondary N) is 1. The number of hydrogen-bond acceptors (Lipinski definition) is 2. The van der Waals surface area contributed by atoms with Crippen LogP contribution in [-0.4, -0.2) is 31.3 Å². The van der Waals surface area contributed by atoms with Crippen molar-refractivity contribution in [3.63, 3.8) is 0 Å². The molecule has 1 aliphatic rings. The van der Waals surface area contributed by atoms with Gasteiger partial charge in [-0.15, -0.1) is 0 Å². The lowest BCUT2D eigenvalue weighted by molar-refractivity contribution is -0.906. The average molecular weight is 369 g/mol. The number of likely N-dealkylation sites (tertiary alicyclic amines) is 1. The molecule has 2 atom stereocenters. The molecule has 2 N–H and O–H groups in total. The smallest absolute Gasteiger partial charge is 0.119 e. The van der Waals surface area contributed by atoms with Gasteiger partial charge in [-0.3, -0.25) is 0 Å². The van der Waals surface area contributed by atoms with Crippen molar-refractivity contribution in [3.8, 4) is 5.75 Å². The van der Waals surface area contributed by atoms with E-state index in [0.717, 1.165) is 17.9 Å². The van der Waals surface area contributed by atoms with Crippen LogP contribution >= 0.6 is 0 Å². The Hall–Kier alpha value is -1.84. The number of benzene rings is 2. The van der Waals surface area contributed by atoms with Gasteiger partial charge in [0, 0.05) is 0 Å². The minimum absolute atomic E-state index is 0.113. The third-order valence-electron chi connectivity index (χ3n) is 5.48. The Labute approximate surface area is 164 Å². The van der Waals surface area contributed by atoms with Gasteiger partial charge in [0.2, 0.25) is 0 Å². The van der Waals surface area contributed by atoms with E-state index in [4.69, 9.17) is 4.74 Å². The molecule has 27 heavy (non-hydrogen) atoms. The van der Waals surface area contributed by atoms with E-state index in [-0.39, 0.29) is 5.92 Å². The van der Waals surface area contributed by atoms with E-state index >= 15 is 0 Å². The second-order valence-electron chi connectivity index (χ2n) is 8.25. The van der Waals surface area contributed by atoms with Crippen molar-refractivity contribution < 1.29 is 14.7 Å². The fourth-order valence-electron chi connectivity index (χ4n) is 3.94. The molecule has 1 saturated heterocycles. The number of hydrogen-bond donors (Lipinski definition) is 2. The van der Waals surface area contributed by atoms with Crippen LogP contribution < -0.4 is 9.64 Å². The highest BCUT2D eigenvalue weighted by Gasteiger charge is 2.28. The fraction of sp³-hybridized carbons (Fsp3) is 0.500. The molecule has 3 heteroatoms. The second kappa shape index (κ2) is 9.91. The molecule has 0 aromatic heterocycles. The molecule has 3 nitrogen and oxygen atoms in total. The summed E-state index contributed by atoms with van der Waals surface area (Å²) in [6.45, 7) is 8.43. The van der Waals surface area contributed by atoms with Gasteiger partial charge in [-0.25, -0.2) is 0 Å². The van der Waals surface area contributed by atoms with Crippen LogP contribution in [0, 0.1) is 5.92 Å². The fourth-order valence-corrected chi connectivity index (χ4v) is 3.94. The van der Waals surface area contributed by atoms with Crippen LogP contribution in [0.25, 0.3) is 0 Å². The number of ether oxygens (including phenoxy) is 1. The van der Waals surface area contributed by atoms with Crippen molar-refractivity contribution in [1.29, 1.82) is 0 Å². The van der Waals surface area contributed by atoms with Crippen LogP contribution in [0.2, 0.25) is 0 Å². The molecular formula is C24H34NO2+. The molecule has 1 aliphatic heterocycles. The molecule has 0 bridgehead atoms. The van der Waals surface area contributed by atoms with Crippen LogP contribution in [0.3, 0.4) is 0 Å². The Kier molecular flexibility index (Phi) is 7.31. The third kappa shape index (κ3) is 5.82. The van der Waals surface area contributed by atoms with E-state index in [1.54, 1.807) is 4.90 Å². The van der Waals surface area contributed by atoms with Gasteiger partial charge >= 0.3 is 0 Å². The molecule has 0 unspecified atom stereocenters. The zero-order valence-corrected chi connectivity index (χ0v) is 16.7. The van der Waals surface area contributed by atoms with Gasteiger partial charge in [-0.2, -0.15) is 0 Å². The summed E-state index contributed by atoms with van der Waals surface area (Å²) in [4.78, 5) is 1.62. The van der Waals surface area contributed by atoms with Crippen LogP contribution in [0.1, 0.15) is 56.3 Å². The van der Waals surface area contributed by atoms with Gasteiger partial charge in [0.1, 0.15) is 5.75 Å². The van der Waals surface area contributed by atoms with Gasteiger partial charge in [-0.1, -0.05) is 56.3 Å². The molecule has 1 heterocycles. The maximum Gasteiger partial charge on any atom is 0.119 e. The Morgan fingerprint density at radius 2 is 1.56 bits per heavy atom. The summed E-state index contributed by atoms with van der Waals surface area (Å²) < 4.78 is 5.78. The molecule has 0 spiro atoms. The van der Waals surface area contributed by atoms with Crippen molar-refractivity contribution in [2.45, 2.75) is 45.1 Å². The zero-order chi connectivity index (χ0) is 19.1. The lowest BCUT2D eigenvalue weighted by atomic mass is 9.88. The highest BCUT2D eigenvalue weighted by Crippen LogP contribution is 2.31. The zero-order valence-electron chi connectivity index (χ0n) is 16.7. The average Bonchev–Trinajstić information content (AvgIpc) is 2.72. The summed E-state index contributed by atoms with van der Waals surface area (Å²) in [7, 11) is 0. The predicted molar refractivity (Wildman–Crippen MR) is 110 cm³/mol. The molecule has 0 saturated carbocycles. The van der Waals surface area contributed by atoms with Crippen LogP contribution in [-0.2, 0) is 0 Å². The normalized spacial score (nSPS) is 17.6. The van der Waals surface area contributed by atoms with E-state index in [1.807, 2.05) is 30.3 Å². The van der Waals surface area contributed by atoms with Gasteiger partial charge in [0.05, 0.1) is 38.3 Å². The van der Waals surface area contributed by atoms with E-state index in [1.165, 1.54) is 37.9 Å². The topological polar surface area (TPSA) is 33.9 Å². The second-order valence-corrected chi connectivity index (χ2v) is 8.25. The molecule has 146 valence electrons. The predicted octanol–water partition coefficient (Wildman–Crippen LogP) is 3.61. The molecule has 1 fully saturated rings. The summed E-state index contributed by atoms with van der Waals surface area (Å²) in [5, 5.41) is 11.2. The van der Waals surface area contributed by atoms with Gasteiger partial charge in [0.25, 0.3) is 0 Å². The molecule has 2 aromatic carbocycles. The van der Waals surface area contributed by atoms with Crippen LogP contribution in [0.5, 0.6) is 5.75 Å². The van der Waals surface area contributed by atoms with Gasteiger partial charge < -0.3 is 14.7 Å². The van der Waals surface area contributed by atoms with Crippen molar-refractivity contribution in [2.24, 2.45) is 5.92 Å². The molecule has 3 rings (SSSR count). The largest absolute Gasteiger partial charge is 0.493 e. The van der Waals surface area contributed by atoms with Gasteiger partial charge in [0.15, 0.2) is 0 Å². The molecule has 0 amide bonds. The Morgan fingerprint density at radius 3 is 2.19 bits per heavy atom. The first-order valence-corrected chi connectivity index (χ1v) is 10.4. The van der Waals surface area contributed by atoms with E-state index in [2.05, 4.69) is 38.1 Å². The van der Waals surface area contributed by atoms with E-state index < -0.39 is 6.10 Å². The minimum Gasteiger partial charge on any atom is -0.493 e. The summed E-state index contributed by atoms with van der Waals surface area (Å²) >= 11 is 0. The Balaban J connectivity index is 1.74. The highest BCUT2D eigenvalue weighted by molar-refractivity contribution is 5.31. The summed E-state index contributed by atoms with van der Waals surface area (Å²) in [6.07, 6.45) is 3.45. The number of aliphatic hydroxyl groups is 1.